The van der Waals surface area contributed by atoms with E-state index in [0.717, 1.165) is 11.1 Å². The number of carbonyl (C=O) groups excluding carboxylic acids is 4. The second kappa shape index (κ2) is 13.9. The highest BCUT2D eigenvalue weighted by atomic mass is 16.6. The third-order valence-electron chi connectivity index (χ3n) is 4.96. The molecule has 0 spiro atoms. The number of ether oxygens (including phenoxy) is 3. The first-order valence-electron chi connectivity index (χ1n) is 11.7. The number of methoxy groups -OCH3 is 1. The molecule has 0 fully saturated rings. The number of benzene rings is 2. The van der Waals surface area contributed by atoms with E-state index >= 15 is 0 Å². The summed E-state index contributed by atoms with van der Waals surface area (Å²) in [5, 5.41) is 5.17. The standard InChI is InChI=1S/C27H34N2O7/c1-27(2,3)36-23(30)16-15-21(25(32)34-4)28-24(31)22(17-19-11-7-5-8-12-19)29-26(33)35-18-20-13-9-6-10-14-20/h5-14,21-22H,15-18H2,1-4H3,(H,28,31)(H,29,33)/t21-,22-/m1/s1. The van der Waals surface area contributed by atoms with Crippen LogP contribution in [0.15, 0.2) is 60.7 Å². The fraction of sp³-hybridized carbons (Fsp3) is 0.407. The number of carbonyl (C=O) groups is 4. The molecule has 36 heavy (non-hydrogen) atoms. The molecule has 9 heteroatoms. The Balaban J connectivity index is 2.07. The van der Waals surface area contributed by atoms with E-state index in [1.165, 1.54) is 7.11 Å². The third kappa shape index (κ3) is 10.6. The summed E-state index contributed by atoms with van der Waals surface area (Å²) in [6.45, 7) is 5.25. The molecule has 0 radical (unpaired) electrons. The molecule has 2 aromatic rings. The van der Waals surface area contributed by atoms with E-state index in [2.05, 4.69) is 10.6 Å². The van der Waals surface area contributed by atoms with Crippen molar-refractivity contribution >= 4 is 23.9 Å². The second-order valence-corrected chi connectivity index (χ2v) is 9.16. The summed E-state index contributed by atoms with van der Waals surface area (Å²) in [5.41, 5.74) is 0.917. The van der Waals surface area contributed by atoms with Crippen molar-refractivity contribution in [3.8, 4) is 0 Å². The molecule has 0 saturated carbocycles. The summed E-state index contributed by atoms with van der Waals surface area (Å²) < 4.78 is 15.3. The minimum Gasteiger partial charge on any atom is -0.467 e. The maximum absolute atomic E-state index is 13.2. The molecule has 0 aromatic heterocycles. The molecule has 0 aliphatic heterocycles. The fourth-order valence-electron chi connectivity index (χ4n) is 3.28. The largest absolute Gasteiger partial charge is 0.467 e. The van der Waals surface area contributed by atoms with Crippen LogP contribution in [-0.2, 0) is 41.6 Å². The second-order valence-electron chi connectivity index (χ2n) is 9.16. The lowest BCUT2D eigenvalue weighted by Gasteiger charge is -2.23. The van der Waals surface area contributed by atoms with Crippen LogP contribution in [0.2, 0.25) is 0 Å². The molecular weight excluding hydrogens is 464 g/mol. The van der Waals surface area contributed by atoms with Gasteiger partial charge in [-0.2, -0.15) is 0 Å². The van der Waals surface area contributed by atoms with E-state index in [-0.39, 0.29) is 25.9 Å². The van der Waals surface area contributed by atoms with Gasteiger partial charge in [0.05, 0.1) is 7.11 Å². The molecular formula is C27H34N2O7. The number of nitrogens with one attached hydrogen (secondary N) is 2. The SMILES string of the molecule is COC(=O)[C@@H](CCC(=O)OC(C)(C)C)NC(=O)[C@@H](Cc1ccccc1)NC(=O)OCc1ccccc1. The fourth-order valence-corrected chi connectivity index (χ4v) is 3.28. The summed E-state index contributed by atoms with van der Waals surface area (Å²) in [4.78, 5) is 50.1. The van der Waals surface area contributed by atoms with Crippen LogP contribution in [0.4, 0.5) is 4.79 Å². The van der Waals surface area contributed by atoms with Crippen LogP contribution < -0.4 is 10.6 Å². The number of amides is 2. The van der Waals surface area contributed by atoms with Gasteiger partial charge in [0.25, 0.3) is 0 Å². The van der Waals surface area contributed by atoms with Crippen LogP contribution in [0.25, 0.3) is 0 Å². The first-order chi connectivity index (χ1) is 17.1. The lowest BCUT2D eigenvalue weighted by atomic mass is 10.0. The number of esters is 2. The first kappa shape index (κ1) is 28.4. The number of hydrogen-bond acceptors (Lipinski definition) is 7. The average Bonchev–Trinajstić information content (AvgIpc) is 2.84. The van der Waals surface area contributed by atoms with E-state index < -0.39 is 41.6 Å². The van der Waals surface area contributed by atoms with Gasteiger partial charge in [0, 0.05) is 12.8 Å². The van der Waals surface area contributed by atoms with Crippen molar-refractivity contribution in [2.24, 2.45) is 0 Å². The molecule has 0 heterocycles. The van der Waals surface area contributed by atoms with E-state index in [1.807, 2.05) is 60.7 Å². The van der Waals surface area contributed by atoms with Crippen molar-refractivity contribution in [2.75, 3.05) is 7.11 Å². The van der Waals surface area contributed by atoms with Crippen molar-refractivity contribution in [3.63, 3.8) is 0 Å². The molecule has 0 saturated heterocycles. The lowest BCUT2D eigenvalue weighted by Crippen LogP contribution is -2.52. The van der Waals surface area contributed by atoms with Crippen molar-refractivity contribution < 1.29 is 33.4 Å². The highest BCUT2D eigenvalue weighted by Gasteiger charge is 2.29. The minimum atomic E-state index is -1.10. The molecule has 0 aliphatic rings. The third-order valence-corrected chi connectivity index (χ3v) is 4.96. The van der Waals surface area contributed by atoms with Gasteiger partial charge in [-0.1, -0.05) is 60.7 Å². The van der Waals surface area contributed by atoms with Gasteiger partial charge in [0.1, 0.15) is 24.3 Å². The Bertz CT molecular complexity index is 1000. The Morgan fingerprint density at radius 2 is 1.42 bits per heavy atom. The predicted molar refractivity (Wildman–Crippen MR) is 133 cm³/mol. The quantitative estimate of drug-likeness (QED) is 0.360. The van der Waals surface area contributed by atoms with Crippen LogP contribution >= 0.6 is 0 Å². The molecule has 2 rings (SSSR count). The summed E-state index contributed by atoms with van der Waals surface area (Å²) in [6, 6.07) is 16.1. The monoisotopic (exact) mass is 498 g/mol. The van der Waals surface area contributed by atoms with Gasteiger partial charge < -0.3 is 24.8 Å². The van der Waals surface area contributed by atoms with E-state index in [0.29, 0.717) is 0 Å². The molecule has 2 amide bonds. The van der Waals surface area contributed by atoms with Gasteiger partial charge in [-0.05, 0) is 38.3 Å². The van der Waals surface area contributed by atoms with Crippen LogP contribution in [0.5, 0.6) is 0 Å². The highest BCUT2D eigenvalue weighted by Crippen LogP contribution is 2.11. The highest BCUT2D eigenvalue weighted by molar-refractivity contribution is 5.90. The number of hydrogen-bond donors (Lipinski definition) is 2. The lowest BCUT2D eigenvalue weighted by molar-refractivity contribution is -0.155. The summed E-state index contributed by atoms with van der Waals surface area (Å²) >= 11 is 0. The van der Waals surface area contributed by atoms with Gasteiger partial charge in [0.15, 0.2) is 0 Å². The predicted octanol–water partition coefficient (Wildman–Crippen LogP) is 3.30. The maximum atomic E-state index is 13.2. The number of rotatable bonds is 11. The topological polar surface area (TPSA) is 120 Å². The smallest absolute Gasteiger partial charge is 0.408 e. The molecule has 0 unspecified atom stereocenters. The normalized spacial score (nSPS) is 12.6. The van der Waals surface area contributed by atoms with Crippen LogP contribution in [0.1, 0.15) is 44.7 Å². The van der Waals surface area contributed by atoms with E-state index in [4.69, 9.17) is 14.2 Å². The Morgan fingerprint density at radius 1 is 0.833 bits per heavy atom. The van der Waals surface area contributed by atoms with Crippen molar-refractivity contribution in [2.45, 2.75) is 64.3 Å². The average molecular weight is 499 g/mol. The Morgan fingerprint density at radius 3 is 1.97 bits per heavy atom. The molecule has 2 aromatic carbocycles. The zero-order valence-electron chi connectivity index (χ0n) is 21.1. The minimum absolute atomic E-state index is 0.0240. The summed E-state index contributed by atoms with van der Waals surface area (Å²) in [7, 11) is 1.19. The van der Waals surface area contributed by atoms with Gasteiger partial charge >= 0.3 is 18.0 Å². The molecule has 0 aliphatic carbocycles. The van der Waals surface area contributed by atoms with Crippen LogP contribution in [-0.4, -0.2) is 48.7 Å². The van der Waals surface area contributed by atoms with Gasteiger partial charge in [-0.15, -0.1) is 0 Å². The maximum Gasteiger partial charge on any atom is 0.408 e. The van der Waals surface area contributed by atoms with Crippen LogP contribution in [0.3, 0.4) is 0 Å². The van der Waals surface area contributed by atoms with Gasteiger partial charge in [-0.25, -0.2) is 9.59 Å². The molecule has 9 nitrogen and oxygen atoms in total. The number of alkyl carbamates (subject to hydrolysis) is 1. The Hall–Kier alpha value is -3.88. The first-order valence-corrected chi connectivity index (χ1v) is 11.7. The van der Waals surface area contributed by atoms with Crippen molar-refractivity contribution in [3.05, 3.63) is 71.8 Å². The van der Waals surface area contributed by atoms with Crippen molar-refractivity contribution in [1.29, 1.82) is 0 Å². The Kier molecular flexibility index (Phi) is 10.9. The zero-order valence-corrected chi connectivity index (χ0v) is 21.1. The van der Waals surface area contributed by atoms with Gasteiger partial charge in [0.2, 0.25) is 5.91 Å². The van der Waals surface area contributed by atoms with Gasteiger partial charge in [-0.3, -0.25) is 9.59 Å². The molecule has 0 bridgehead atoms. The Labute approximate surface area is 211 Å². The summed E-state index contributed by atoms with van der Waals surface area (Å²) in [6.07, 6.45) is -0.747. The van der Waals surface area contributed by atoms with Crippen LogP contribution in [0, 0.1) is 0 Å². The van der Waals surface area contributed by atoms with E-state index in [1.54, 1.807) is 20.8 Å². The molecule has 194 valence electrons. The molecule has 2 N–H and O–H groups in total. The zero-order chi connectivity index (χ0) is 26.6. The summed E-state index contributed by atoms with van der Waals surface area (Å²) in [5.74, 6) is -1.83. The van der Waals surface area contributed by atoms with E-state index in [9.17, 15) is 19.2 Å². The van der Waals surface area contributed by atoms with Crippen molar-refractivity contribution in [1.82, 2.24) is 10.6 Å². The molecule has 2 atom stereocenters.